The van der Waals surface area contributed by atoms with E-state index in [2.05, 4.69) is 13.8 Å². The van der Waals surface area contributed by atoms with Gasteiger partial charge in [0.25, 0.3) is 0 Å². The lowest BCUT2D eigenvalue weighted by molar-refractivity contribution is -0.0810. The molecule has 3 unspecified atom stereocenters. The molecule has 2 rings (SSSR count). The van der Waals surface area contributed by atoms with Crippen molar-refractivity contribution >= 4 is 12.3 Å². The van der Waals surface area contributed by atoms with Crippen LogP contribution in [0.3, 0.4) is 0 Å². The summed E-state index contributed by atoms with van der Waals surface area (Å²) in [6.45, 7) is 4.75. The molecule has 0 spiro atoms. The fourth-order valence-corrected chi connectivity index (χ4v) is 4.55. The van der Waals surface area contributed by atoms with Crippen molar-refractivity contribution in [1.82, 2.24) is 0 Å². The summed E-state index contributed by atoms with van der Waals surface area (Å²) in [4.78, 5) is 24.5. The van der Waals surface area contributed by atoms with Crippen molar-refractivity contribution in [3.63, 3.8) is 0 Å². The van der Waals surface area contributed by atoms with Crippen LogP contribution in [-0.4, -0.2) is 37.2 Å². The largest absolute Gasteiger partial charge is 0.508 e. The van der Waals surface area contributed by atoms with Crippen LogP contribution in [-0.2, 0) is 18.9 Å². The van der Waals surface area contributed by atoms with Gasteiger partial charge in [-0.3, -0.25) is 0 Å². The molecule has 3 atom stereocenters. The number of carbonyl (C=O) groups is 2. The normalized spacial score (nSPS) is 23.4. The molecule has 0 radical (unpaired) electrons. The molecule has 0 amide bonds. The molecule has 0 aromatic heterocycles. The van der Waals surface area contributed by atoms with Crippen molar-refractivity contribution in [2.24, 2.45) is 5.92 Å². The standard InChI is InChI=1S/C24H42O6/c1-3-5-7-13-19(12-4-2)18-27-23(25)29-21-16-10-11-17-22(21)30-24(26)28-20-14-8-6-9-15-20/h19-22H,3-18H2,1-2H3. The SMILES string of the molecule is CCCCCC(CCC)COC(=O)OC1CCCCC1OC(=O)OC1CCCCC1. The van der Waals surface area contributed by atoms with Gasteiger partial charge in [-0.05, 0) is 70.1 Å². The third kappa shape index (κ3) is 9.57. The Bertz CT molecular complexity index is 488. The van der Waals surface area contributed by atoms with Crippen molar-refractivity contribution in [1.29, 1.82) is 0 Å². The number of rotatable bonds is 11. The molecule has 0 aromatic rings. The van der Waals surface area contributed by atoms with E-state index in [-0.39, 0.29) is 6.10 Å². The Balaban J connectivity index is 1.74. The van der Waals surface area contributed by atoms with E-state index in [1.807, 2.05) is 0 Å². The van der Waals surface area contributed by atoms with Crippen LogP contribution in [0.15, 0.2) is 0 Å². The third-order valence-corrected chi connectivity index (χ3v) is 6.30. The zero-order chi connectivity index (χ0) is 21.6. The fraction of sp³-hybridized carbons (Fsp3) is 0.917. The summed E-state index contributed by atoms with van der Waals surface area (Å²) < 4.78 is 22.0. The van der Waals surface area contributed by atoms with Crippen molar-refractivity contribution < 1.29 is 28.5 Å². The van der Waals surface area contributed by atoms with Crippen LogP contribution in [0.5, 0.6) is 0 Å². The smallest absolute Gasteiger partial charge is 0.434 e. The van der Waals surface area contributed by atoms with E-state index in [0.717, 1.165) is 57.8 Å². The average molecular weight is 427 g/mol. The zero-order valence-electron chi connectivity index (χ0n) is 19.1. The minimum Gasteiger partial charge on any atom is -0.434 e. The Kier molecular flexibility index (Phi) is 12.0. The van der Waals surface area contributed by atoms with E-state index in [0.29, 0.717) is 25.4 Å². The van der Waals surface area contributed by atoms with Crippen molar-refractivity contribution in [2.45, 2.75) is 128 Å². The molecule has 0 aromatic carbocycles. The van der Waals surface area contributed by atoms with Crippen molar-refractivity contribution in [2.75, 3.05) is 6.61 Å². The average Bonchev–Trinajstić information content (AvgIpc) is 2.74. The Morgan fingerprint density at radius 3 is 2.00 bits per heavy atom. The Morgan fingerprint density at radius 2 is 1.37 bits per heavy atom. The highest BCUT2D eigenvalue weighted by Crippen LogP contribution is 2.26. The van der Waals surface area contributed by atoms with Crippen LogP contribution in [0.25, 0.3) is 0 Å². The summed E-state index contributed by atoms with van der Waals surface area (Å²) in [7, 11) is 0. The molecule has 0 bridgehead atoms. The topological polar surface area (TPSA) is 71.1 Å². The molecule has 0 N–H and O–H groups in total. The van der Waals surface area contributed by atoms with Crippen molar-refractivity contribution in [3.05, 3.63) is 0 Å². The number of hydrogen-bond donors (Lipinski definition) is 0. The molecule has 30 heavy (non-hydrogen) atoms. The highest BCUT2D eigenvalue weighted by molar-refractivity contribution is 5.61. The number of ether oxygens (including phenoxy) is 4. The third-order valence-electron chi connectivity index (χ3n) is 6.30. The summed E-state index contributed by atoms with van der Waals surface area (Å²) in [6, 6.07) is 0. The fourth-order valence-electron chi connectivity index (χ4n) is 4.55. The minimum absolute atomic E-state index is 0.0395. The van der Waals surface area contributed by atoms with Gasteiger partial charge in [0.15, 0.2) is 0 Å². The van der Waals surface area contributed by atoms with E-state index in [9.17, 15) is 9.59 Å². The Hall–Kier alpha value is -1.46. The first kappa shape index (κ1) is 24.8. The molecular formula is C24H42O6. The van der Waals surface area contributed by atoms with Gasteiger partial charge in [0, 0.05) is 0 Å². The Morgan fingerprint density at radius 1 is 0.733 bits per heavy atom. The van der Waals surface area contributed by atoms with Crippen LogP contribution in [0, 0.1) is 5.92 Å². The molecule has 2 aliphatic carbocycles. The van der Waals surface area contributed by atoms with Crippen LogP contribution < -0.4 is 0 Å². The minimum atomic E-state index is -0.646. The molecule has 6 nitrogen and oxygen atoms in total. The van der Waals surface area contributed by atoms with Crippen LogP contribution in [0.1, 0.15) is 110 Å². The quantitative estimate of drug-likeness (QED) is 0.263. The number of unbranched alkanes of at least 4 members (excludes halogenated alkanes) is 2. The lowest BCUT2D eigenvalue weighted by Crippen LogP contribution is -2.39. The molecule has 2 aliphatic rings. The van der Waals surface area contributed by atoms with Gasteiger partial charge in [0.2, 0.25) is 0 Å². The second kappa shape index (κ2) is 14.5. The first-order valence-electron chi connectivity index (χ1n) is 12.3. The van der Waals surface area contributed by atoms with Gasteiger partial charge in [-0.25, -0.2) is 9.59 Å². The van der Waals surface area contributed by atoms with E-state index >= 15 is 0 Å². The maximum Gasteiger partial charge on any atom is 0.508 e. The van der Waals surface area contributed by atoms with Gasteiger partial charge < -0.3 is 18.9 Å². The van der Waals surface area contributed by atoms with Crippen LogP contribution in [0.2, 0.25) is 0 Å². The molecule has 2 saturated carbocycles. The maximum absolute atomic E-state index is 12.3. The zero-order valence-corrected chi connectivity index (χ0v) is 19.1. The van der Waals surface area contributed by atoms with Crippen LogP contribution in [0.4, 0.5) is 9.59 Å². The molecule has 0 heterocycles. The van der Waals surface area contributed by atoms with Gasteiger partial charge in [0.1, 0.15) is 18.3 Å². The van der Waals surface area contributed by atoms with Gasteiger partial charge in [-0.2, -0.15) is 0 Å². The van der Waals surface area contributed by atoms with Crippen LogP contribution >= 0.6 is 0 Å². The van der Waals surface area contributed by atoms with E-state index in [1.54, 1.807) is 0 Å². The highest BCUT2D eigenvalue weighted by atomic mass is 16.8. The van der Waals surface area contributed by atoms with Gasteiger partial charge >= 0.3 is 12.3 Å². The predicted molar refractivity (Wildman–Crippen MR) is 115 cm³/mol. The summed E-state index contributed by atoms with van der Waals surface area (Å²) in [6.07, 6.45) is 13.0. The maximum atomic E-state index is 12.3. The Labute approximate surface area is 182 Å². The summed E-state index contributed by atoms with van der Waals surface area (Å²) in [5.41, 5.74) is 0. The van der Waals surface area contributed by atoms with Gasteiger partial charge in [0.05, 0.1) is 6.61 Å². The lowest BCUT2D eigenvalue weighted by atomic mass is 9.94. The van der Waals surface area contributed by atoms with Gasteiger partial charge in [-0.15, -0.1) is 0 Å². The number of hydrogen-bond acceptors (Lipinski definition) is 6. The molecule has 6 heteroatoms. The predicted octanol–water partition coefficient (Wildman–Crippen LogP) is 6.93. The summed E-state index contributed by atoms with van der Waals surface area (Å²) in [5.74, 6) is 0.387. The molecular weight excluding hydrogens is 384 g/mol. The molecule has 0 aliphatic heterocycles. The first-order valence-corrected chi connectivity index (χ1v) is 12.3. The second-order valence-electron chi connectivity index (χ2n) is 8.94. The van der Waals surface area contributed by atoms with E-state index in [4.69, 9.17) is 18.9 Å². The number of carbonyl (C=O) groups excluding carboxylic acids is 2. The highest BCUT2D eigenvalue weighted by Gasteiger charge is 2.33. The molecule has 2 fully saturated rings. The molecule has 0 saturated heterocycles. The summed E-state index contributed by atoms with van der Waals surface area (Å²) in [5, 5.41) is 0. The monoisotopic (exact) mass is 426 g/mol. The summed E-state index contributed by atoms with van der Waals surface area (Å²) >= 11 is 0. The van der Waals surface area contributed by atoms with E-state index < -0.39 is 24.5 Å². The van der Waals surface area contributed by atoms with E-state index in [1.165, 1.54) is 25.7 Å². The first-order chi connectivity index (χ1) is 14.6. The molecule has 174 valence electrons. The van der Waals surface area contributed by atoms with Gasteiger partial charge in [-0.1, -0.05) is 46.0 Å². The lowest BCUT2D eigenvalue weighted by Gasteiger charge is -2.31. The van der Waals surface area contributed by atoms with Crippen molar-refractivity contribution in [3.8, 4) is 0 Å². The second-order valence-corrected chi connectivity index (χ2v) is 8.94.